The Morgan fingerprint density at radius 1 is 0.948 bits per heavy atom. The highest BCUT2D eigenvalue weighted by molar-refractivity contribution is 6.01. The zero-order valence-corrected chi connectivity index (χ0v) is 35.7. The highest BCUT2D eigenvalue weighted by Gasteiger charge is 2.80. The average Bonchev–Trinajstić information content (AvgIpc) is 3.69. The van der Waals surface area contributed by atoms with Crippen molar-refractivity contribution in [1.29, 1.82) is 0 Å². The first-order valence-electron chi connectivity index (χ1n) is 21.9. The SMILES string of the molecule is CC(C)(C)CC(=O)OCC(=O)[C@@]12OC(C)(C)O[C@@H]1C[C@H]1[C@@H]3CCC4=CC(=O)C=C[C@]4(C)[C@@]3(F)[C@@H](O)C[C@@]12C.C[C@]12CC[C@@H]3c4ccc(O)cc4CC[C@H]3[C@@H]1CC[C@@H]2O. The summed E-state index contributed by atoms with van der Waals surface area (Å²) in [6.45, 7) is 14.7. The smallest absolute Gasteiger partial charge is 0.306 e. The van der Waals surface area contributed by atoms with Crippen LogP contribution in [0, 0.1) is 45.3 Å². The molecule has 9 rings (SSSR count). The number of benzene rings is 1. The van der Waals surface area contributed by atoms with Gasteiger partial charge >= 0.3 is 5.97 Å². The van der Waals surface area contributed by atoms with Gasteiger partial charge in [0.25, 0.3) is 0 Å². The van der Waals surface area contributed by atoms with Gasteiger partial charge in [0.05, 0.1) is 24.7 Å². The molecule has 0 radical (unpaired) electrons. The molecule has 0 spiro atoms. The second-order valence-electron chi connectivity index (χ2n) is 21.6. The predicted octanol–water partition coefficient (Wildman–Crippen LogP) is 8.02. The van der Waals surface area contributed by atoms with Crippen molar-refractivity contribution in [3.8, 4) is 5.75 Å². The fourth-order valence-electron chi connectivity index (χ4n) is 14.1. The molecule has 3 N–H and O–H groups in total. The van der Waals surface area contributed by atoms with Crippen LogP contribution in [0.4, 0.5) is 4.39 Å². The Morgan fingerprint density at radius 2 is 1.69 bits per heavy atom. The van der Waals surface area contributed by atoms with Crippen LogP contribution in [0.25, 0.3) is 0 Å². The molecule has 318 valence electrons. The summed E-state index contributed by atoms with van der Waals surface area (Å²) >= 11 is 0. The topological polar surface area (TPSA) is 140 Å². The Kier molecular flexibility index (Phi) is 9.94. The fraction of sp³-hybridized carbons (Fsp3) is 0.729. The lowest BCUT2D eigenvalue weighted by molar-refractivity contribution is -0.246. The highest BCUT2D eigenvalue weighted by atomic mass is 19.1. The summed E-state index contributed by atoms with van der Waals surface area (Å²) in [5.41, 5.74) is -2.17. The first kappa shape index (κ1) is 41.8. The number of hydrogen-bond donors (Lipinski definition) is 3. The molecule has 10 heteroatoms. The van der Waals surface area contributed by atoms with Crippen LogP contribution in [0.5, 0.6) is 5.75 Å². The van der Waals surface area contributed by atoms with Gasteiger partial charge in [0.1, 0.15) is 5.75 Å². The van der Waals surface area contributed by atoms with Gasteiger partial charge in [0.15, 0.2) is 29.4 Å². The molecule has 58 heavy (non-hydrogen) atoms. The van der Waals surface area contributed by atoms with Crippen LogP contribution >= 0.6 is 0 Å². The zero-order valence-electron chi connectivity index (χ0n) is 35.7. The summed E-state index contributed by atoms with van der Waals surface area (Å²) in [5.74, 6) is -0.533. The van der Waals surface area contributed by atoms with Gasteiger partial charge in [0.2, 0.25) is 5.78 Å². The van der Waals surface area contributed by atoms with E-state index in [1.54, 1.807) is 26.8 Å². The first-order chi connectivity index (χ1) is 27.0. The molecule has 7 aliphatic carbocycles. The van der Waals surface area contributed by atoms with E-state index < -0.39 is 64.4 Å². The number of Topliss-reactive ketones (excluding diaryl/α,β-unsaturated/α-hetero) is 1. The van der Waals surface area contributed by atoms with E-state index in [0.717, 1.165) is 25.2 Å². The molecule has 5 saturated carbocycles. The molecular weight excluding hydrogens is 740 g/mol. The second kappa shape index (κ2) is 13.8. The van der Waals surface area contributed by atoms with Crippen LogP contribution in [0.15, 0.2) is 42.0 Å². The maximum Gasteiger partial charge on any atom is 0.306 e. The number of carbonyl (C=O) groups excluding carboxylic acids is 3. The largest absolute Gasteiger partial charge is 0.508 e. The van der Waals surface area contributed by atoms with E-state index in [4.69, 9.17) is 14.2 Å². The Balaban J connectivity index is 0.000000195. The number of alkyl halides is 1. The molecule has 8 aliphatic rings. The molecule has 1 heterocycles. The minimum absolute atomic E-state index is 0.0209. The average molecular weight is 805 g/mol. The number of aliphatic hydroxyl groups excluding tert-OH is 2. The van der Waals surface area contributed by atoms with Gasteiger partial charge in [-0.2, -0.15) is 0 Å². The molecule has 9 nitrogen and oxygen atoms in total. The third-order valence-corrected chi connectivity index (χ3v) is 16.7. The van der Waals surface area contributed by atoms with Crippen molar-refractivity contribution in [3.63, 3.8) is 0 Å². The van der Waals surface area contributed by atoms with Crippen molar-refractivity contribution < 1.29 is 48.3 Å². The molecule has 1 aliphatic heterocycles. The molecular formula is C48H65FO9. The lowest BCUT2D eigenvalue weighted by atomic mass is 9.44. The van der Waals surface area contributed by atoms with Gasteiger partial charge in [-0.1, -0.05) is 52.3 Å². The number of phenolic OH excluding ortho intramolecular Hbond substituents is 1. The molecule has 1 aromatic carbocycles. The zero-order chi connectivity index (χ0) is 42.0. The number of ether oxygens (including phenoxy) is 3. The van der Waals surface area contributed by atoms with E-state index in [1.165, 1.54) is 42.5 Å². The lowest BCUT2D eigenvalue weighted by Crippen LogP contribution is -2.70. The Bertz CT molecular complexity index is 1930. The van der Waals surface area contributed by atoms with Gasteiger partial charge < -0.3 is 29.5 Å². The first-order valence-corrected chi connectivity index (χ1v) is 21.9. The Labute approximate surface area is 343 Å². The number of hydrogen-bond acceptors (Lipinski definition) is 9. The van der Waals surface area contributed by atoms with Crippen molar-refractivity contribution in [3.05, 3.63) is 53.1 Å². The van der Waals surface area contributed by atoms with Crippen molar-refractivity contribution >= 4 is 17.5 Å². The van der Waals surface area contributed by atoms with Gasteiger partial charge in [-0.25, -0.2) is 4.39 Å². The summed E-state index contributed by atoms with van der Waals surface area (Å²) in [6, 6.07) is 5.96. The summed E-state index contributed by atoms with van der Waals surface area (Å²) < 4.78 is 35.6. The molecule has 0 unspecified atom stereocenters. The summed E-state index contributed by atoms with van der Waals surface area (Å²) in [7, 11) is 0. The number of fused-ring (bicyclic) bond motifs is 12. The van der Waals surface area contributed by atoms with E-state index in [2.05, 4.69) is 13.0 Å². The lowest BCUT2D eigenvalue weighted by Gasteiger charge is -2.62. The quantitative estimate of drug-likeness (QED) is 0.258. The molecule has 1 aromatic rings. The minimum atomic E-state index is -2.02. The van der Waals surface area contributed by atoms with E-state index in [0.29, 0.717) is 42.4 Å². The number of allylic oxidation sites excluding steroid dienone is 4. The highest BCUT2D eigenvalue weighted by Crippen LogP contribution is 2.72. The molecule has 13 atom stereocenters. The van der Waals surface area contributed by atoms with E-state index in [1.807, 2.05) is 39.8 Å². The molecule has 1 saturated heterocycles. The second-order valence-corrected chi connectivity index (χ2v) is 21.6. The van der Waals surface area contributed by atoms with Crippen molar-refractivity contribution in [2.45, 2.75) is 167 Å². The van der Waals surface area contributed by atoms with Gasteiger partial charge in [-0.05, 0) is 155 Å². The van der Waals surface area contributed by atoms with Crippen molar-refractivity contribution in [2.24, 2.45) is 45.3 Å². The van der Waals surface area contributed by atoms with Gasteiger partial charge in [-0.15, -0.1) is 0 Å². The number of esters is 1. The number of carbonyl (C=O) groups is 3. The maximum atomic E-state index is 17.4. The number of aryl methyl sites for hydroxylation is 1. The predicted molar refractivity (Wildman–Crippen MR) is 215 cm³/mol. The Hall–Kier alpha value is -2.92. The summed E-state index contributed by atoms with van der Waals surface area (Å²) in [4.78, 5) is 38.6. The van der Waals surface area contributed by atoms with Crippen LogP contribution < -0.4 is 0 Å². The monoisotopic (exact) mass is 804 g/mol. The fourth-order valence-corrected chi connectivity index (χ4v) is 14.1. The number of halogens is 1. The number of rotatable bonds is 4. The van der Waals surface area contributed by atoms with E-state index >= 15 is 4.39 Å². The maximum absolute atomic E-state index is 17.4. The van der Waals surface area contributed by atoms with Crippen LogP contribution in [-0.2, 0) is 35.0 Å². The molecule has 6 fully saturated rings. The Morgan fingerprint density at radius 3 is 2.41 bits per heavy atom. The van der Waals surface area contributed by atoms with Crippen LogP contribution in [0.3, 0.4) is 0 Å². The van der Waals surface area contributed by atoms with E-state index in [-0.39, 0.29) is 41.5 Å². The molecule has 0 aromatic heterocycles. The van der Waals surface area contributed by atoms with Crippen molar-refractivity contribution in [2.75, 3.05) is 6.61 Å². The summed E-state index contributed by atoms with van der Waals surface area (Å²) in [5, 5.41) is 31.7. The molecule has 0 bridgehead atoms. The van der Waals surface area contributed by atoms with Crippen LogP contribution in [-0.4, -0.2) is 74.8 Å². The van der Waals surface area contributed by atoms with Crippen LogP contribution in [0.1, 0.15) is 137 Å². The van der Waals surface area contributed by atoms with Crippen LogP contribution in [0.2, 0.25) is 0 Å². The number of phenols is 1. The number of aliphatic hydroxyl groups is 2. The minimum Gasteiger partial charge on any atom is -0.508 e. The van der Waals surface area contributed by atoms with E-state index in [9.17, 15) is 29.7 Å². The van der Waals surface area contributed by atoms with Gasteiger partial charge in [-0.3, -0.25) is 14.4 Å². The standard InChI is InChI=1S/C30H41FO7.C18H24O2/c1-25(2,3)15-24(35)36-16-22(34)30-23(37-26(4,5)38-30)13-20-19-9-8-17-12-18(32)10-11-27(17,6)29(19,31)21(33)14-28(20,30)7;1-18-9-8-14-13-5-3-12(19)10-11(13)2-4-15(14)16(18)6-7-17(18)20/h10-12,19-21,23,33H,8-9,13-16H2,1-7H3;3,5,10,14-17,19-20H,2,4,6-9H2,1H3/t19-,20-,21-,23+,27-,28-,29-,30+;14-,15-,16+,17+,18+/m01/s1. The number of ketones is 2. The third-order valence-electron chi connectivity index (χ3n) is 16.7. The summed E-state index contributed by atoms with van der Waals surface area (Å²) in [6.07, 6.45) is 10.7. The van der Waals surface area contributed by atoms with Gasteiger partial charge in [0, 0.05) is 16.7 Å². The molecule has 0 amide bonds. The number of aromatic hydroxyl groups is 1. The van der Waals surface area contributed by atoms with Crippen molar-refractivity contribution in [1.82, 2.24) is 0 Å². The third kappa shape index (κ3) is 6.14. The normalized spacial score (nSPS) is 44.2.